The van der Waals surface area contributed by atoms with Gasteiger partial charge in [0.25, 0.3) is 0 Å². The van der Waals surface area contributed by atoms with Crippen molar-refractivity contribution in [3.05, 3.63) is 59.7 Å². The van der Waals surface area contributed by atoms with Gasteiger partial charge in [-0.25, -0.2) is 0 Å². The minimum absolute atomic E-state index is 0.190. The van der Waals surface area contributed by atoms with Crippen LogP contribution < -0.4 is 4.90 Å². The Hall–Kier alpha value is -1.84. The molecular formula is C23H30N2O. The van der Waals surface area contributed by atoms with Gasteiger partial charge in [0.1, 0.15) is 0 Å². The Bertz CT molecular complexity index is 710. The van der Waals surface area contributed by atoms with Crippen LogP contribution in [-0.2, 0) is 12.8 Å². The minimum Gasteiger partial charge on any atom is -0.394 e. The summed E-state index contributed by atoms with van der Waals surface area (Å²) in [6.45, 7) is 5.62. The number of piperidine rings is 1. The van der Waals surface area contributed by atoms with Gasteiger partial charge in [-0.1, -0.05) is 43.3 Å². The van der Waals surface area contributed by atoms with Crippen molar-refractivity contribution < 1.29 is 5.11 Å². The molecule has 3 heteroatoms. The Balaban J connectivity index is 1.85. The number of fused-ring (bicyclic) bond motifs is 2. The van der Waals surface area contributed by atoms with Crippen LogP contribution in [0.5, 0.6) is 0 Å². The molecule has 0 bridgehead atoms. The maximum absolute atomic E-state index is 10.7. The van der Waals surface area contributed by atoms with Gasteiger partial charge in [-0.2, -0.15) is 0 Å². The first-order valence-electron chi connectivity index (χ1n) is 10.1. The van der Waals surface area contributed by atoms with Crippen LogP contribution in [0.1, 0.15) is 37.3 Å². The van der Waals surface area contributed by atoms with Crippen LogP contribution in [0.25, 0.3) is 0 Å². The van der Waals surface area contributed by atoms with Crippen molar-refractivity contribution in [1.29, 1.82) is 0 Å². The number of para-hydroxylation sites is 2. The van der Waals surface area contributed by atoms with E-state index in [1.54, 1.807) is 0 Å². The second kappa shape index (κ2) is 7.42. The highest BCUT2D eigenvalue weighted by Gasteiger charge is 2.43. The summed E-state index contributed by atoms with van der Waals surface area (Å²) in [5.41, 5.74) is 5.10. The Labute approximate surface area is 157 Å². The van der Waals surface area contributed by atoms with Gasteiger partial charge in [-0.3, -0.25) is 0 Å². The average molecular weight is 351 g/mol. The lowest BCUT2D eigenvalue weighted by Gasteiger charge is -2.50. The van der Waals surface area contributed by atoms with Crippen molar-refractivity contribution in [3.8, 4) is 0 Å². The Morgan fingerprint density at radius 3 is 2.15 bits per heavy atom. The lowest BCUT2D eigenvalue weighted by molar-refractivity contribution is 0.0942. The molecule has 1 atom stereocenters. The number of rotatable bonds is 4. The van der Waals surface area contributed by atoms with E-state index in [1.165, 1.54) is 22.5 Å². The number of hydrogen-bond acceptors (Lipinski definition) is 3. The second-order valence-electron chi connectivity index (χ2n) is 7.85. The van der Waals surface area contributed by atoms with Gasteiger partial charge < -0.3 is 14.9 Å². The van der Waals surface area contributed by atoms with E-state index in [9.17, 15) is 5.11 Å². The Kier molecular flexibility index (Phi) is 5.01. The average Bonchev–Trinajstić information content (AvgIpc) is 2.85. The molecule has 2 aromatic rings. The van der Waals surface area contributed by atoms with Crippen molar-refractivity contribution in [2.45, 2.75) is 44.6 Å². The minimum atomic E-state index is -0.246. The summed E-state index contributed by atoms with van der Waals surface area (Å²) in [6, 6.07) is 17.6. The molecule has 2 aromatic carbocycles. The molecule has 0 aliphatic carbocycles. The predicted octanol–water partition coefficient (Wildman–Crippen LogP) is 4.16. The van der Waals surface area contributed by atoms with Crippen LogP contribution in [-0.4, -0.2) is 41.8 Å². The maximum Gasteiger partial charge on any atom is 0.0808 e. The molecule has 2 heterocycles. The van der Waals surface area contributed by atoms with E-state index in [0.29, 0.717) is 0 Å². The van der Waals surface area contributed by atoms with Gasteiger partial charge in [-0.05, 0) is 68.5 Å². The number of benzene rings is 2. The number of hydrogen-bond donors (Lipinski definition) is 1. The molecular weight excluding hydrogens is 320 g/mol. The fourth-order valence-electron chi connectivity index (χ4n) is 4.89. The highest BCUT2D eigenvalue weighted by Crippen LogP contribution is 2.43. The van der Waals surface area contributed by atoms with Crippen LogP contribution in [0, 0.1) is 0 Å². The van der Waals surface area contributed by atoms with E-state index in [-0.39, 0.29) is 12.1 Å². The third-order valence-corrected chi connectivity index (χ3v) is 6.07. The molecule has 0 saturated carbocycles. The summed E-state index contributed by atoms with van der Waals surface area (Å²) in [4.78, 5) is 5.03. The number of aliphatic hydroxyl groups is 1. The summed E-state index contributed by atoms with van der Waals surface area (Å²) >= 11 is 0. The fourth-order valence-corrected chi connectivity index (χ4v) is 4.89. The molecule has 0 aromatic heterocycles. The van der Waals surface area contributed by atoms with Crippen molar-refractivity contribution in [3.63, 3.8) is 0 Å². The lowest BCUT2D eigenvalue weighted by atomic mass is 9.86. The zero-order valence-electron chi connectivity index (χ0n) is 15.8. The highest BCUT2D eigenvalue weighted by atomic mass is 16.3. The molecule has 1 N–H and O–H groups in total. The molecule has 2 aliphatic rings. The molecule has 1 fully saturated rings. The van der Waals surface area contributed by atoms with Crippen LogP contribution >= 0.6 is 0 Å². The van der Waals surface area contributed by atoms with Crippen LogP contribution in [0.2, 0.25) is 0 Å². The van der Waals surface area contributed by atoms with Crippen molar-refractivity contribution in [2.24, 2.45) is 0 Å². The number of likely N-dealkylation sites (tertiary alicyclic amines) is 1. The van der Waals surface area contributed by atoms with Gasteiger partial charge in [0.15, 0.2) is 0 Å². The largest absolute Gasteiger partial charge is 0.394 e. The van der Waals surface area contributed by atoms with E-state index in [4.69, 9.17) is 0 Å². The standard InChI is InChI=1S/C23H30N2O/c1-2-15-24-16-7-14-23(17-24,18-26)25-21-10-5-3-8-19(21)12-13-20-9-4-6-11-22(20)25/h3-6,8-11,26H,2,7,12-18H2,1H3. The molecule has 0 amide bonds. The fraction of sp³-hybridized carbons (Fsp3) is 0.478. The number of anilines is 2. The van der Waals surface area contributed by atoms with Gasteiger partial charge in [0, 0.05) is 17.9 Å². The highest BCUT2D eigenvalue weighted by molar-refractivity contribution is 5.73. The maximum atomic E-state index is 10.7. The van der Waals surface area contributed by atoms with Gasteiger partial charge in [0.2, 0.25) is 0 Å². The predicted molar refractivity (Wildman–Crippen MR) is 108 cm³/mol. The molecule has 3 nitrogen and oxygen atoms in total. The zero-order chi connectivity index (χ0) is 18.0. The third-order valence-electron chi connectivity index (χ3n) is 6.07. The summed E-state index contributed by atoms with van der Waals surface area (Å²) in [6.07, 6.45) is 5.45. The first-order valence-corrected chi connectivity index (χ1v) is 10.1. The molecule has 0 radical (unpaired) electrons. The zero-order valence-corrected chi connectivity index (χ0v) is 15.8. The lowest BCUT2D eigenvalue weighted by Crippen LogP contribution is -2.60. The Morgan fingerprint density at radius 1 is 0.962 bits per heavy atom. The van der Waals surface area contributed by atoms with Crippen molar-refractivity contribution in [2.75, 3.05) is 31.1 Å². The number of nitrogens with zero attached hydrogens (tertiary/aromatic N) is 2. The molecule has 138 valence electrons. The summed E-state index contributed by atoms with van der Waals surface area (Å²) in [5.74, 6) is 0. The molecule has 0 spiro atoms. The summed E-state index contributed by atoms with van der Waals surface area (Å²) < 4.78 is 0. The molecule has 1 saturated heterocycles. The summed E-state index contributed by atoms with van der Waals surface area (Å²) in [7, 11) is 0. The van der Waals surface area contributed by atoms with E-state index in [1.807, 2.05) is 0 Å². The van der Waals surface area contributed by atoms with Crippen molar-refractivity contribution in [1.82, 2.24) is 4.90 Å². The monoisotopic (exact) mass is 350 g/mol. The van der Waals surface area contributed by atoms with Crippen molar-refractivity contribution >= 4 is 11.4 Å². The quantitative estimate of drug-likeness (QED) is 0.897. The Morgan fingerprint density at radius 2 is 1.58 bits per heavy atom. The molecule has 1 unspecified atom stereocenters. The van der Waals surface area contributed by atoms with E-state index in [0.717, 1.165) is 51.7 Å². The second-order valence-corrected chi connectivity index (χ2v) is 7.85. The summed E-state index contributed by atoms with van der Waals surface area (Å²) in [5, 5.41) is 10.7. The normalized spacial score (nSPS) is 23.2. The molecule has 2 aliphatic heterocycles. The molecule has 26 heavy (non-hydrogen) atoms. The van der Waals surface area contributed by atoms with E-state index < -0.39 is 0 Å². The van der Waals surface area contributed by atoms with Gasteiger partial charge in [0.05, 0.1) is 12.1 Å². The third kappa shape index (κ3) is 3.04. The van der Waals surface area contributed by atoms with E-state index >= 15 is 0 Å². The van der Waals surface area contributed by atoms with Gasteiger partial charge >= 0.3 is 0 Å². The first kappa shape index (κ1) is 17.6. The SMILES string of the molecule is CCCN1CCCC(CO)(N2c3ccccc3CCc3ccccc32)C1. The van der Waals surface area contributed by atoms with Gasteiger partial charge in [-0.15, -0.1) is 0 Å². The topological polar surface area (TPSA) is 26.7 Å². The molecule has 4 rings (SSSR count). The first-order chi connectivity index (χ1) is 12.8. The van der Waals surface area contributed by atoms with Crippen LogP contribution in [0.4, 0.5) is 11.4 Å². The van der Waals surface area contributed by atoms with Crippen LogP contribution in [0.3, 0.4) is 0 Å². The number of aliphatic hydroxyl groups excluding tert-OH is 1. The van der Waals surface area contributed by atoms with Crippen LogP contribution in [0.15, 0.2) is 48.5 Å². The smallest absolute Gasteiger partial charge is 0.0808 e. The number of aryl methyl sites for hydroxylation is 2. The van der Waals surface area contributed by atoms with E-state index in [2.05, 4.69) is 65.3 Å².